The molecule has 0 aliphatic carbocycles. The first kappa shape index (κ1) is 25.4. The molecule has 0 bridgehead atoms. The van der Waals surface area contributed by atoms with Crippen LogP contribution in [-0.4, -0.2) is 44.7 Å². The fourth-order valence-corrected chi connectivity index (χ4v) is 4.53. The summed E-state index contributed by atoms with van der Waals surface area (Å²) >= 11 is 0. The number of carbonyl (C=O) groups is 2. The van der Waals surface area contributed by atoms with Crippen molar-refractivity contribution in [1.82, 2.24) is 5.32 Å². The van der Waals surface area contributed by atoms with Gasteiger partial charge in [0.25, 0.3) is 0 Å². The molecule has 36 heavy (non-hydrogen) atoms. The molecular weight excluding hydrogens is 457 g/mol. The van der Waals surface area contributed by atoms with Crippen LogP contribution in [0.15, 0.2) is 78.9 Å². The lowest BCUT2D eigenvalue weighted by atomic mass is 9.97. The Morgan fingerprint density at radius 2 is 1.64 bits per heavy atom. The van der Waals surface area contributed by atoms with E-state index in [1.54, 1.807) is 12.1 Å². The van der Waals surface area contributed by atoms with Crippen molar-refractivity contribution in [3.05, 3.63) is 95.8 Å². The quantitative estimate of drug-likeness (QED) is 0.501. The minimum absolute atomic E-state index is 0.00740. The number of para-hydroxylation sites is 1. The van der Waals surface area contributed by atoms with E-state index in [1.807, 2.05) is 73.5 Å². The molecule has 1 fully saturated rings. The largest absolute Gasteiger partial charge is 0.381 e. The number of ether oxygens (including phenoxy) is 1. The van der Waals surface area contributed by atoms with Crippen LogP contribution in [0.4, 0.5) is 15.8 Å². The molecule has 1 unspecified atom stereocenters. The zero-order chi connectivity index (χ0) is 25.5. The van der Waals surface area contributed by atoms with Gasteiger partial charge in [0, 0.05) is 37.7 Å². The van der Waals surface area contributed by atoms with Crippen molar-refractivity contribution in [2.75, 3.05) is 36.6 Å². The maximum atomic E-state index is 14.4. The highest BCUT2D eigenvalue weighted by Crippen LogP contribution is 2.31. The molecule has 1 heterocycles. The Morgan fingerprint density at radius 1 is 0.972 bits per heavy atom. The summed E-state index contributed by atoms with van der Waals surface area (Å²) in [6, 6.07) is 21.9. The molecule has 1 aliphatic heterocycles. The topological polar surface area (TPSA) is 61.9 Å². The van der Waals surface area contributed by atoms with Crippen molar-refractivity contribution in [2.24, 2.45) is 0 Å². The number of hydrogen-bond donors (Lipinski definition) is 1. The molecule has 188 valence electrons. The highest BCUT2D eigenvalue weighted by molar-refractivity contribution is 6.03. The number of amides is 2. The molecule has 0 saturated carbocycles. The second-order valence-corrected chi connectivity index (χ2v) is 9.09. The van der Waals surface area contributed by atoms with Crippen LogP contribution in [0, 0.1) is 12.7 Å². The summed E-state index contributed by atoms with van der Waals surface area (Å²) < 4.78 is 19.8. The van der Waals surface area contributed by atoms with Crippen LogP contribution in [0.3, 0.4) is 0 Å². The number of rotatable bonds is 8. The summed E-state index contributed by atoms with van der Waals surface area (Å²) in [7, 11) is 1.82. The van der Waals surface area contributed by atoms with Gasteiger partial charge in [0.15, 0.2) is 0 Å². The number of carbonyl (C=O) groups excluding carboxylic acids is 2. The summed E-state index contributed by atoms with van der Waals surface area (Å²) in [6.07, 6.45) is 1.41. The van der Waals surface area contributed by atoms with E-state index < -0.39 is 11.9 Å². The fourth-order valence-electron chi connectivity index (χ4n) is 4.53. The monoisotopic (exact) mass is 489 g/mol. The molecule has 3 aromatic rings. The third kappa shape index (κ3) is 6.10. The minimum atomic E-state index is -0.965. The molecule has 1 atom stereocenters. The van der Waals surface area contributed by atoms with Gasteiger partial charge in [-0.25, -0.2) is 4.39 Å². The Balaban J connectivity index is 1.74. The van der Waals surface area contributed by atoms with Crippen molar-refractivity contribution in [2.45, 2.75) is 31.8 Å². The lowest BCUT2D eigenvalue weighted by molar-refractivity contribution is -0.127. The minimum Gasteiger partial charge on any atom is -0.381 e. The van der Waals surface area contributed by atoms with Gasteiger partial charge in [-0.15, -0.1) is 0 Å². The number of aryl methyl sites for hydroxylation is 1. The first-order chi connectivity index (χ1) is 17.4. The summed E-state index contributed by atoms with van der Waals surface area (Å²) in [5.74, 6) is -1.09. The normalized spacial score (nSPS) is 14.6. The average Bonchev–Trinajstić information content (AvgIpc) is 2.88. The molecule has 0 aromatic heterocycles. The fraction of sp³-hybridized carbons (Fsp3) is 0.310. The van der Waals surface area contributed by atoms with Crippen LogP contribution in [0.2, 0.25) is 0 Å². The first-order valence-electron chi connectivity index (χ1n) is 12.2. The number of likely N-dealkylation sites (N-methyl/N-ethyl adjacent to an activating group) is 1. The lowest BCUT2D eigenvalue weighted by Gasteiger charge is -2.35. The van der Waals surface area contributed by atoms with Crippen molar-refractivity contribution < 1.29 is 18.7 Å². The van der Waals surface area contributed by atoms with Crippen LogP contribution in [0.25, 0.3) is 0 Å². The van der Waals surface area contributed by atoms with Gasteiger partial charge in [0.2, 0.25) is 11.8 Å². The Morgan fingerprint density at radius 3 is 2.33 bits per heavy atom. The smallest absolute Gasteiger partial charge is 0.248 e. The molecule has 1 aliphatic rings. The van der Waals surface area contributed by atoms with Gasteiger partial charge in [0.1, 0.15) is 11.9 Å². The summed E-state index contributed by atoms with van der Waals surface area (Å²) in [5.41, 5.74) is 2.76. The predicted molar refractivity (Wildman–Crippen MR) is 140 cm³/mol. The van der Waals surface area contributed by atoms with Crippen molar-refractivity contribution in [3.63, 3.8) is 0 Å². The molecule has 1 saturated heterocycles. The number of nitrogens with one attached hydrogen (secondary N) is 1. The van der Waals surface area contributed by atoms with Gasteiger partial charge < -0.3 is 15.0 Å². The highest BCUT2D eigenvalue weighted by atomic mass is 19.1. The van der Waals surface area contributed by atoms with E-state index in [9.17, 15) is 14.0 Å². The molecule has 0 radical (unpaired) electrons. The molecule has 0 spiro atoms. The summed E-state index contributed by atoms with van der Waals surface area (Å²) in [6.45, 7) is 3.07. The van der Waals surface area contributed by atoms with E-state index in [0.717, 1.165) is 11.3 Å². The van der Waals surface area contributed by atoms with Crippen molar-refractivity contribution in [1.29, 1.82) is 0 Å². The number of anilines is 2. The molecular formula is C29H32FN3O3. The third-order valence-electron chi connectivity index (χ3n) is 6.48. The maximum Gasteiger partial charge on any atom is 0.248 e. The van der Waals surface area contributed by atoms with E-state index in [4.69, 9.17) is 4.74 Å². The van der Waals surface area contributed by atoms with Crippen LogP contribution in [0.5, 0.6) is 0 Å². The van der Waals surface area contributed by atoms with Gasteiger partial charge in [-0.2, -0.15) is 0 Å². The van der Waals surface area contributed by atoms with Crippen LogP contribution in [-0.2, 0) is 14.3 Å². The van der Waals surface area contributed by atoms with Gasteiger partial charge in [-0.05, 0) is 61.2 Å². The van der Waals surface area contributed by atoms with E-state index in [-0.39, 0.29) is 24.4 Å². The molecule has 1 N–H and O–H groups in total. The SMILES string of the molecule is Cc1ccccc1C(C(=O)NC1CCOCC1)N(C(=O)CN(C)c1ccccc1)c1cccc(F)c1. The molecule has 3 aromatic carbocycles. The van der Waals surface area contributed by atoms with Crippen molar-refractivity contribution >= 4 is 23.2 Å². The second kappa shape index (κ2) is 11.8. The average molecular weight is 490 g/mol. The maximum absolute atomic E-state index is 14.4. The first-order valence-corrected chi connectivity index (χ1v) is 12.2. The van der Waals surface area contributed by atoms with Gasteiger partial charge in [-0.1, -0.05) is 48.5 Å². The van der Waals surface area contributed by atoms with E-state index in [2.05, 4.69) is 5.32 Å². The Bertz CT molecular complexity index is 1180. The summed E-state index contributed by atoms with van der Waals surface area (Å²) in [5, 5.41) is 3.13. The Hall–Kier alpha value is -3.71. The Kier molecular flexibility index (Phi) is 8.33. The third-order valence-corrected chi connectivity index (χ3v) is 6.48. The zero-order valence-electron chi connectivity index (χ0n) is 20.7. The molecule has 7 heteroatoms. The van der Waals surface area contributed by atoms with E-state index in [1.165, 1.54) is 17.0 Å². The van der Waals surface area contributed by atoms with Crippen LogP contribution < -0.4 is 15.1 Å². The molecule has 6 nitrogen and oxygen atoms in total. The Labute approximate surface area is 211 Å². The van der Waals surface area contributed by atoms with Crippen molar-refractivity contribution in [3.8, 4) is 0 Å². The zero-order valence-corrected chi connectivity index (χ0v) is 20.7. The van der Waals surface area contributed by atoms with Gasteiger partial charge in [-0.3, -0.25) is 14.5 Å². The number of hydrogen-bond acceptors (Lipinski definition) is 4. The van der Waals surface area contributed by atoms with Gasteiger partial charge >= 0.3 is 0 Å². The lowest BCUT2D eigenvalue weighted by Crippen LogP contribution is -2.50. The number of halogens is 1. The number of benzene rings is 3. The van der Waals surface area contributed by atoms with E-state index >= 15 is 0 Å². The summed E-state index contributed by atoms with van der Waals surface area (Å²) in [4.78, 5) is 31.0. The van der Waals surface area contributed by atoms with Crippen LogP contribution >= 0.6 is 0 Å². The van der Waals surface area contributed by atoms with Gasteiger partial charge in [0.05, 0.1) is 6.54 Å². The molecule has 2 amide bonds. The molecule has 4 rings (SSSR count). The second-order valence-electron chi connectivity index (χ2n) is 9.09. The van der Waals surface area contributed by atoms with E-state index in [0.29, 0.717) is 37.3 Å². The highest BCUT2D eigenvalue weighted by Gasteiger charge is 2.35. The number of nitrogens with zero attached hydrogens (tertiary/aromatic N) is 2. The van der Waals surface area contributed by atoms with Crippen LogP contribution in [0.1, 0.15) is 30.0 Å². The predicted octanol–water partition coefficient (Wildman–Crippen LogP) is 4.64. The standard InChI is InChI=1S/C29H32FN3O3/c1-21-9-6-7-14-26(21)28(29(35)31-23-15-17-36-18-16-23)33(25-13-8-10-22(30)19-25)27(34)20-32(2)24-11-4-3-5-12-24/h3-14,19,23,28H,15-18,20H2,1-2H3,(H,31,35).